The van der Waals surface area contributed by atoms with Gasteiger partial charge in [0, 0.05) is 6.42 Å². The van der Waals surface area contributed by atoms with Gasteiger partial charge in [0.1, 0.15) is 24.7 Å². The molecule has 0 aliphatic heterocycles. The van der Waals surface area contributed by atoms with E-state index in [9.17, 15) is 17.6 Å². The Bertz CT molecular complexity index is 521. The molecular formula is C21H28F4. The first-order chi connectivity index (χ1) is 12.0. The van der Waals surface area contributed by atoms with Gasteiger partial charge < -0.3 is 0 Å². The van der Waals surface area contributed by atoms with Crippen LogP contribution in [0.1, 0.15) is 74.8 Å². The lowest BCUT2D eigenvalue weighted by Crippen LogP contribution is -2.43. The summed E-state index contributed by atoms with van der Waals surface area (Å²) in [7, 11) is 0. The lowest BCUT2D eigenvalue weighted by Gasteiger charge is -2.34. The minimum atomic E-state index is -1.97. The van der Waals surface area contributed by atoms with Crippen molar-refractivity contribution in [2.75, 3.05) is 0 Å². The molecule has 2 fully saturated rings. The van der Waals surface area contributed by atoms with Crippen molar-refractivity contribution in [2.45, 2.75) is 88.4 Å². The lowest BCUT2D eigenvalue weighted by atomic mass is 9.76. The van der Waals surface area contributed by atoms with E-state index >= 15 is 0 Å². The maximum Gasteiger partial charge on any atom is 0.141 e. The normalized spacial score (nSPS) is 39.3. The molecule has 1 aromatic rings. The molecule has 140 valence electrons. The molecule has 2 aliphatic carbocycles. The Balaban J connectivity index is 1.68. The van der Waals surface area contributed by atoms with Crippen molar-refractivity contribution in [3.8, 4) is 0 Å². The van der Waals surface area contributed by atoms with Crippen molar-refractivity contribution in [1.82, 2.24) is 0 Å². The molecule has 0 aromatic heterocycles. The number of halogens is 4. The third kappa shape index (κ3) is 4.03. The van der Waals surface area contributed by atoms with Crippen molar-refractivity contribution in [3.05, 3.63) is 35.4 Å². The molecule has 0 bridgehead atoms. The summed E-state index contributed by atoms with van der Waals surface area (Å²) in [5.41, 5.74) is 1.54. The molecule has 3 rings (SSSR count). The van der Waals surface area contributed by atoms with Gasteiger partial charge in [0.2, 0.25) is 0 Å². The SMILES string of the molecule is CCCC1CCC(c2ccc(C3[C@@H](F)[C@@H](F)C[C@@H](F)[C@H]3F)cc2)CC1. The third-order valence-corrected chi connectivity index (χ3v) is 6.16. The maximum atomic E-state index is 14.1. The van der Waals surface area contributed by atoms with Crippen LogP contribution >= 0.6 is 0 Å². The zero-order valence-electron chi connectivity index (χ0n) is 14.8. The Morgan fingerprint density at radius 2 is 1.32 bits per heavy atom. The van der Waals surface area contributed by atoms with Gasteiger partial charge in [-0.05, 0) is 48.6 Å². The van der Waals surface area contributed by atoms with E-state index in [-0.39, 0.29) is 0 Å². The molecule has 1 aromatic carbocycles. The number of alkyl halides is 4. The number of benzene rings is 1. The summed E-state index contributed by atoms with van der Waals surface area (Å²) in [6.07, 6.45) is -1.23. The van der Waals surface area contributed by atoms with Gasteiger partial charge in [-0.2, -0.15) is 0 Å². The van der Waals surface area contributed by atoms with Crippen molar-refractivity contribution in [1.29, 1.82) is 0 Å². The van der Waals surface area contributed by atoms with Gasteiger partial charge >= 0.3 is 0 Å². The van der Waals surface area contributed by atoms with Crippen LogP contribution in [0.2, 0.25) is 0 Å². The van der Waals surface area contributed by atoms with Gasteiger partial charge in [-0.1, -0.05) is 44.0 Å². The zero-order valence-corrected chi connectivity index (χ0v) is 14.8. The van der Waals surface area contributed by atoms with Gasteiger partial charge in [-0.25, -0.2) is 17.6 Å². The van der Waals surface area contributed by atoms with Gasteiger partial charge in [0.25, 0.3) is 0 Å². The van der Waals surface area contributed by atoms with Crippen LogP contribution in [-0.4, -0.2) is 24.7 Å². The molecule has 0 amide bonds. The summed E-state index contributed by atoms with van der Waals surface area (Å²) >= 11 is 0. The minimum Gasteiger partial charge on any atom is -0.244 e. The van der Waals surface area contributed by atoms with Crippen LogP contribution in [0, 0.1) is 5.92 Å². The predicted octanol–water partition coefficient (Wildman–Crippen LogP) is 6.60. The highest BCUT2D eigenvalue weighted by Gasteiger charge is 2.47. The van der Waals surface area contributed by atoms with Gasteiger partial charge in [0.05, 0.1) is 5.92 Å². The summed E-state index contributed by atoms with van der Waals surface area (Å²) in [6, 6.07) is 7.13. The summed E-state index contributed by atoms with van der Waals surface area (Å²) in [5, 5.41) is 0. The van der Waals surface area contributed by atoms with Crippen LogP contribution in [-0.2, 0) is 0 Å². The summed E-state index contributed by atoms with van der Waals surface area (Å²) in [5.74, 6) is -0.0304. The Labute approximate surface area is 148 Å². The van der Waals surface area contributed by atoms with Crippen molar-refractivity contribution < 1.29 is 17.6 Å². The van der Waals surface area contributed by atoms with E-state index in [2.05, 4.69) is 6.92 Å². The Kier molecular flexibility index (Phi) is 6.06. The molecule has 0 saturated heterocycles. The van der Waals surface area contributed by atoms with Crippen molar-refractivity contribution >= 4 is 0 Å². The van der Waals surface area contributed by atoms with E-state index in [1.54, 1.807) is 12.1 Å². The van der Waals surface area contributed by atoms with E-state index in [4.69, 9.17) is 0 Å². The Morgan fingerprint density at radius 1 is 0.800 bits per heavy atom. The largest absolute Gasteiger partial charge is 0.244 e. The van der Waals surface area contributed by atoms with Crippen molar-refractivity contribution in [3.63, 3.8) is 0 Å². The topological polar surface area (TPSA) is 0 Å². The standard InChI is InChI=1S/C21H28F4/c1-2-3-13-4-6-14(7-5-13)15-8-10-16(11-9-15)19-20(24)17(22)12-18(23)21(19)25/h8-11,13-14,17-21H,2-7,12H2,1H3/t13?,14?,17-,18+,19?,20-,21+. The smallest absolute Gasteiger partial charge is 0.141 e. The number of rotatable bonds is 4. The molecule has 2 saturated carbocycles. The second-order valence-corrected chi connectivity index (χ2v) is 7.86. The minimum absolute atomic E-state index is 0.369. The molecule has 0 radical (unpaired) electrons. The molecule has 0 N–H and O–H groups in total. The van der Waals surface area contributed by atoms with Crippen LogP contribution in [0.25, 0.3) is 0 Å². The molecule has 4 heteroatoms. The average molecular weight is 356 g/mol. The predicted molar refractivity (Wildman–Crippen MR) is 93.0 cm³/mol. The second-order valence-electron chi connectivity index (χ2n) is 7.86. The Morgan fingerprint density at radius 3 is 1.84 bits per heavy atom. The van der Waals surface area contributed by atoms with E-state index in [0.29, 0.717) is 11.5 Å². The lowest BCUT2D eigenvalue weighted by molar-refractivity contribution is -0.00571. The van der Waals surface area contributed by atoms with Crippen LogP contribution in [0.15, 0.2) is 24.3 Å². The van der Waals surface area contributed by atoms with Crippen LogP contribution in [0.5, 0.6) is 0 Å². The maximum absolute atomic E-state index is 14.1. The van der Waals surface area contributed by atoms with Crippen molar-refractivity contribution in [2.24, 2.45) is 5.92 Å². The summed E-state index contributed by atoms with van der Waals surface area (Å²) < 4.78 is 55.5. The van der Waals surface area contributed by atoms with Crippen LogP contribution in [0.4, 0.5) is 17.6 Å². The van der Waals surface area contributed by atoms with E-state index in [1.807, 2.05) is 12.1 Å². The van der Waals surface area contributed by atoms with Crippen LogP contribution in [0.3, 0.4) is 0 Å². The molecular weight excluding hydrogens is 328 g/mol. The number of hydrogen-bond donors (Lipinski definition) is 0. The highest BCUT2D eigenvalue weighted by molar-refractivity contribution is 5.30. The molecule has 0 nitrogen and oxygen atoms in total. The fourth-order valence-corrected chi connectivity index (χ4v) is 4.65. The molecule has 0 heterocycles. The van der Waals surface area contributed by atoms with E-state index in [1.165, 1.54) is 31.2 Å². The van der Waals surface area contributed by atoms with Gasteiger partial charge in [0.15, 0.2) is 0 Å². The highest BCUT2D eigenvalue weighted by atomic mass is 19.2. The fourth-order valence-electron chi connectivity index (χ4n) is 4.65. The van der Waals surface area contributed by atoms with Gasteiger partial charge in [-0.3, -0.25) is 0 Å². The molecule has 5 atom stereocenters. The van der Waals surface area contributed by atoms with Gasteiger partial charge in [-0.15, -0.1) is 0 Å². The van der Waals surface area contributed by atoms with E-state index in [0.717, 1.165) is 18.8 Å². The molecule has 2 aliphatic rings. The summed E-state index contributed by atoms with van der Waals surface area (Å²) in [6.45, 7) is 2.22. The molecule has 1 unspecified atom stereocenters. The fraction of sp³-hybridized carbons (Fsp3) is 0.714. The first kappa shape index (κ1) is 18.7. The van der Waals surface area contributed by atoms with E-state index < -0.39 is 37.0 Å². The highest BCUT2D eigenvalue weighted by Crippen LogP contribution is 2.42. The first-order valence-electron chi connectivity index (χ1n) is 9.67. The average Bonchev–Trinajstić information content (AvgIpc) is 2.62. The number of hydrogen-bond acceptors (Lipinski definition) is 0. The summed E-state index contributed by atoms with van der Waals surface area (Å²) in [4.78, 5) is 0. The van der Waals surface area contributed by atoms with Crippen LogP contribution < -0.4 is 0 Å². The first-order valence-corrected chi connectivity index (χ1v) is 9.67. The Hall–Kier alpha value is -1.06. The zero-order chi connectivity index (χ0) is 18.0. The molecule has 0 spiro atoms. The third-order valence-electron chi connectivity index (χ3n) is 6.16. The molecule has 25 heavy (non-hydrogen) atoms. The quantitative estimate of drug-likeness (QED) is 0.533. The second kappa shape index (κ2) is 8.09. The monoisotopic (exact) mass is 356 g/mol.